The Bertz CT molecular complexity index is 1350. The number of rotatable bonds is 10. The van der Waals surface area contributed by atoms with Gasteiger partial charge in [-0.05, 0) is 62.6 Å². The summed E-state index contributed by atoms with van der Waals surface area (Å²) >= 11 is 0. The summed E-state index contributed by atoms with van der Waals surface area (Å²) in [6.45, 7) is 7.70. The number of hydrogen-bond acceptors (Lipinski definition) is 6. The van der Waals surface area contributed by atoms with Crippen LogP contribution in [0.5, 0.6) is 0 Å². The number of nitrogens with zero attached hydrogens (tertiary/aromatic N) is 2. The summed E-state index contributed by atoms with van der Waals surface area (Å²) in [5, 5.41) is 17.4. The van der Waals surface area contributed by atoms with E-state index < -0.39 is 41.3 Å². The largest absolute Gasteiger partial charge is 0.480 e. The second-order valence-electron chi connectivity index (χ2n) is 11.9. The number of aliphatic carboxylic acids is 1. The van der Waals surface area contributed by atoms with Crippen LogP contribution < -0.4 is 16.1 Å². The molecule has 42 heavy (non-hydrogen) atoms. The van der Waals surface area contributed by atoms with Crippen molar-refractivity contribution in [1.29, 1.82) is 0 Å². The highest BCUT2D eigenvalue weighted by Gasteiger charge is 2.41. The van der Waals surface area contributed by atoms with Crippen LogP contribution in [-0.2, 0) is 25.6 Å². The normalized spacial score (nSPS) is 20.0. The molecule has 2 heterocycles. The smallest absolute Gasteiger partial charge is 0.322 e. The summed E-state index contributed by atoms with van der Waals surface area (Å²) in [6, 6.07) is 7.61. The molecule has 3 amide bonds. The first-order valence-corrected chi connectivity index (χ1v) is 15.0. The summed E-state index contributed by atoms with van der Waals surface area (Å²) < 4.78 is 0. The number of carboxylic acids is 1. The van der Waals surface area contributed by atoms with Crippen LogP contribution in [0.15, 0.2) is 36.4 Å². The molecular weight excluding hydrogens is 534 g/mol. The van der Waals surface area contributed by atoms with E-state index in [0.29, 0.717) is 32.2 Å². The molecule has 1 aromatic carbocycles. The summed E-state index contributed by atoms with van der Waals surface area (Å²) in [7, 11) is 0. The molecule has 0 spiro atoms. The highest BCUT2D eigenvalue weighted by atomic mass is 16.4. The van der Waals surface area contributed by atoms with E-state index >= 15 is 0 Å². The molecular formula is C32H43N5O5. The highest BCUT2D eigenvalue weighted by molar-refractivity contribution is 5.94. The molecule has 2 aliphatic rings. The molecule has 0 bridgehead atoms. The number of nitrogens with one attached hydrogen (secondary N) is 3. The maximum Gasteiger partial charge on any atom is 0.322 e. The van der Waals surface area contributed by atoms with Gasteiger partial charge in [-0.15, -0.1) is 0 Å². The van der Waals surface area contributed by atoms with Gasteiger partial charge in [-0.2, -0.15) is 0 Å². The molecule has 1 saturated carbocycles. The number of hydrogen-bond donors (Lipinski definition) is 4. The van der Waals surface area contributed by atoms with Crippen molar-refractivity contribution >= 4 is 40.7 Å². The fourth-order valence-corrected chi connectivity index (χ4v) is 5.75. The molecule has 0 radical (unpaired) electrons. The number of carbonyl (C=O) groups is 4. The van der Waals surface area contributed by atoms with Crippen LogP contribution in [0.3, 0.4) is 0 Å². The van der Waals surface area contributed by atoms with Crippen LogP contribution in [0, 0.1) is 11.3 Å². The van der Waals surface area contributed by atoms with Gasteiger partial charge in [-0.3, -0.25) is 29.2 Å². The van der Waals surface area contributed by atoms with Crippen LogP contribution in [0.2, 0.25) is 0 Å². The summed E-state index contributed by atoms with van der Waals surface area (Å²) in [5.41, 5.74) is 4.91. The number of pyridine rings is 1. The second-order valence-corrected chi connectivity index (χ2v) is 11.9. The number of aromatic nitrogens is 1. The summed E-state index contributed by atoms with van der Waals surface area (Å²) in [4.78, 5) is 56.2. The van der Waals surface area contributed by atoms with Crippen molar-refractivity contribution in [3.8, 4) is 0 Å². The zero-order valence-electron chi connectivity index (χ0n) is 25.0. The molecule has 226 valence electrons. The van der Waals surface area contributed by atoms with E-state index in [1.54, 1.807) is 6.92 Å². The van der Waals surface area contributed by atoms with E-state index in [9.17, 15) is 24.3 Å². The Morgan fingerprint density at radius 2 is 1.81 bits per heavy atom. The van der Waals surface area contributed by atoms with Crippen LogP contribution in [0.4, 0.5) is 0 Å². The predicted molar refractivity (Wildman–Crippen MR) is 161 cm³/mol. The molecule has 2 aromatic rings. The number of amides is 3. The van der Waals surface area contributed by atoms with Crippen molar-refractivity contribution in [3.63, 3.8) is 0 Å². The van der Waals surface area contributed by atoms with Crippen LogP contribution in [0.1, 0.15) is 77.5 Å². The van der Waals surface area contributed by atoms with Crippen molar-refractivity contribution < 1.29 is 24.3 Å². The Hall–Kier alpha value is -3.79. The van der Waals surface area contributed by atoms with E-state index in [2.05, 4.69) is 29.0 Å². The zero-order valence-corrected chi connectivity index (χ0v) is 25.0. The minimum absolute atomic E-state index is 0.196. The van der Waals surface area contributed by atoms with Gasteiger partial charge < -0.3 is 15.7 Å². The van der Waals surface area contributed by atoms with Gasteiger partial charge in [0.15, 0.2) is 0 Å². The van der Waals surface area contributed by atoms with Crippen LogP contribution in [0.25, 0.3) is 17.0 Å². The topological polar surface area (TPSA) is 141 Å². The number of benzene rings is 1. The van der Waals surface area contributed by atoms with Gasteiger partial charge in [0.2, 0.25) is 11.8 Å². The Morgan fingerprint density at radius 1 is 1.10 bits per heavy atom. The van der Waals surface area contributed by atoms with E-state index in [1.165, 1.54) is 5.01 Å². The van der Waals surface area contributed by atoms with Gasteiger partial charge in [0.25, 0.3) is 5.91 Å². The molecule has 4 N–H and O–H groups in total. The molecule has 1 aliphatic carbocycles. The lowest BCUT2D eigenvalue weighted by molar-refractivity contribution is -0.148. The molecule has 10 heteroatoms. The Labute approximate surface area is 247 Å². The van der Waals surface area contributed by atoms with Crippen molar-refractivity contribution in [2.24, 2.45) is 11.3 Å². The quantitative estimate of drug-likeness (QED) is 0.338. The second kappa shape index (κ2) is 13.5. The molecule has 3 atom stereocenters. The SMILES string of the molecule is CCc1ccc2ccc(/C=C/C3(C(=O)NC(C(=O)NC(C)C(=O)N4CCCC(C(=O)O)N4)C(C)C)CCCC3)cc2n1. The molecule has 1 aromatic heterocycles. The maximum atomic E-state index is 13.8. The molecule has 10 nitrogen and oxygen atoms in total. The predicted octanol–water partition coefficient (Wildman–Crippen LogP) is 3.60. The van der Waals surface area contributed by atoms with Crippen LogP contribution in [-0.4, -0.2) is 63.5 Å². The van der Waals surface area contributed by atoms with Crippen molar-refractivity contribution in [3.05, 3.63) is 47.7 Å². The first-order valence-electron chi connectivity index (χ1n) is 15.0. The average molecular weight is 578 g/mol. The van der Waals surface area contributed by atoms with E-state index in [0.717, 1.165) is 41.4 Å². The molecule has 1 aliphatic heterocycles. The Kier molecular flexibility index (Phi) is 9.98. The zero-order chi connectivity index (χ0) is 30.4. The third-order valence-electron chi connectivity index (χ3n) is 8.39. The molecule has 4 rings (SSSR count). The first kappa shape index (κ1) is 31.2. The van der Waals surface area contributed by atoms with E-state index in [4.69, 9.17) is 4.98 Å². The minimum atomic E-state index is -1.02. The summed E-state index contributed by atoms with van der Waals surface area (Å²) in [5.74, 6) is -2.31. The minimum Gasteiger partial charge on any atom is -0.480 e. The number of fused-ring (bicyclic) bond motifs is 1. The van der Waals surface area contributed by atoms with E-state index in [1.807, 2.05) is 50.3 Å². The van der Waals surface area contributed by atoms with Gasteiger partial charge in [-0.25, -0.2) is 5.43 Å². The standard InChI is InChI=1S/C32H43N5O5/c1-5-24-13-12-23-11-10-22(19-26(23)34-24)14-17-32(15-6-7-16-32)31(42)35-27(20(2)3)28(38)33-21(4)29(39)37-18-8-9-25(36-37)30(40)41/h10-14,17,19-21,25,27,36H,5-9,15-16,18H2,1-4H3,(H,33,38)(H,35,42)(H,40,41)/b17-14+. The van der Waals surface area contributed by atoms with Gasteiger partial charge >= 0.3 is 5.97 Å². The number of carboxylic acid groups (broad SMARTS) is 1. The fourth-order valence-electron chi connectivity index (χ4n) is 5.75. The van der Waals surface area contributed by atoms with Crippen molar-refractivity contribution in [2.45, 2.75) is 90.8 Å². The molecule has 2 fully saturated rings. The first-order chi connectivity index (χ1) is 20.0. The lowest BCUT2D eigenvalue weighted by Crippen LogP contribution is -2.61. The number of aryl methyl sites for hydroxylation is 1. The lowest BCUT2D eigenvalue weighted by atomic mass is 9.83. The van der Waals surface area contributed by atoms with Gasteiger partial charge in [0.05, 0.1) is 10.9 Å². The monoisotopic (exact) mass is 577 g/mol. The van der Waals surface area contributed by atoms with Gasteiger partial charge in [0.1, 0.15) is 18.1 Å². The van der Waals surface area contributed by atoms with Crippen molar-refractivity contribution in [2.75, 3.05) is 6.54 Å². The van der Waals surface area contributed by atoms with E-state index in [-0.39, 0.29) is 11.8 Å². The Balaban J connectivity index is 1.45. The third kappa shape index (κ3) is 7.15. The van der Waals surface area contributed by atoms with Crippen molar-refractivity contribution in [1.82, 2.24) is 26.1 Å². The number of hydrazine groups is 1. The lowest BCUT2D eigenvalue weighted by Gasteiger charge is -2.34. The molecule has 3 unspecified atom stereocenters. The molecule has 1 saturated heterocycles. The Morgan fingerprint density at radius 3 is 2.48 bits per heavy atom. The highest BCUT2D eigenvalue weighted by Crippen LogP contribution is 2.40. The van der Waals surface area contributed by atoms with Gasteiger partial charge in [-0.1, -0.05) is 64.0 Å². The third-order valence-corrected chi connectivity index (χ3v) is 8.39. The average Bonchev–Trinajstić information content (AvgIpc) is 3.48. The fraction of sp³-hybridized carbons (Fsp3) is 0.531. The van der Waals surface area contributed by atoms with Gasteiger partial charge in [0, 0.05) is 17.6 Å². The number of carbonyl (C=O) groups excluding carboxylic acids is 3. The summed E-state index contributed by atoms with van der Waals surface area (Å²) in [6.07, 6.45) is 9.00. The maximum absolute atomic E-state index is 13.8. The van der Waals surface area contributed by atoms with Crippen LogP contribution >= 0.6 is 0 Å².